The number of nitrogens with two attached hydrogens (primary N) is 1. The molecule has 2 N–H and O–H groups in total. The van der Waals surface area contributed by atoms with Crippen LogP contribution in [0.15, 0.2) is 48.7 Å². The molecule has 3 heteroatoms. The molecule has 0 saturated carbocycles. The number of pyridine rings is 1. The molecule has 100 valence electrons. The maximum absolute atomic E-state index is 5.81. The van der Waals surface area contributed by atoms with Gasteiger partial charge in [0.2, 0.25) is 0 Å². The van der Waals surface area contributed by atoms with E-state index in [4.69, 9.17) is 5.73 Å². The predicted molar refractivity (Wildman–Crippen MR) is 79.9 cm³/mol. The lowest BCUT2D eigenvalue weighted by molar-refractivity contribution is 0.747. The molecule has 1 heterocycles. The summed E-state index contributed by atoms with van der Waals surface area (Å²) in [5.41, 5.74) is 8.21. The van der Waals surface area contributed by atoms with Gasteiger partial charge in [0.1, 0.15) is 5.82 Å². The largest absolute Gasteiger partial charge is 0.352 e. The van der Waals surface area contributed by atoms with Gasteiger partial charge in [-0.25, -0.2) is 4.98 Å². The fourth-order valence-corrected chi connectivity index (χ4v) is 2.21. The molecule has 0 bridgehead atoms. The standard InChI is InChI=1S/C16H21N3/c1-2-11-19(13-14-7-4-3-5-8-14)16-15(12-17)9-6-10-18-16/h3-10H,2,11-13,17H2,1H3. The first-order valence-corrected chi connectivity index (χ1v) is 6.78. The summed E-state index contributed by atoms with van der Waals surface area (Å²) >= 11 is 0. The Kier molecular flexibility index (Phi) is 4.93. The maximum atomic E-state index is 5.81. The first kappa shape index (κ1) is 13.6. The van der Waals surface area contributed by atoms with Gasteiger partial charge in [-0.2, -0.15) is 0 Å². The van der Waals surface area contributed by atoms with Gasteiger partial charge in [-0.15, -0.1) is 0 Å². The third-order valence-corrected chi connectivity index (χ3v) is 3.10. The van der Waals surface area contributed by atoms with Crippen LogP contribution < -0.4 is 10.6 Å². The topological polar surface area (TPSA) is 42.2 Å². The molecular weight excluding hydrogens is 234 g/mol. The van der Waals surface area contributed by atoms with Crippen LogP contribution in [0, 0.1) is 0 Å². The van der Waals surface area contributed by atoms with Crippen LogP contribution in [-0.4, -0.2) is 11.5 Å². The van der Waals surface area contributed by atoms with E-state index in [-0.39, 0.29) is 0 Å². The molecular formula is C16H21N3. The van der Waals surface area contributed by atoms with Gasteiger partial charge in [-0.05, 0) is 18.1 Å². The van der Waals surface area contributed by atoms with Crippen LogP contribution in [0.25, 0.3) is 0 Å². The Morgan fingerprint density at radius 3 is 2.58 bits per heavy atom. The zero-order valence-electron chi connectivity index (χ0n) is 11.4. The molecule has 0 fully saturated rings. The molecule has 2 aromatic rings. The van der Waals surface area contributed by atoms with Gasteiger partial charge >= 0.3 is 0 Å². The van der Waals surface area contributed by atoms with E-state index in [2.05, 4.69) is 47.1 Å². The number of benzene rings is 1. The molecule has 0 radical (unpaired) electrons. The van der Waals surface area contributed by atoms with E-state index in [1.807, 2.05) is 18.3 Å². The van der Waals surface area contributed by atoms with Crippen molar-refractivity contribution < 1.29 is 0 Å². The Bertz CT molecular complexity index is 496. The van der Waals surface area contributed by atoms with Crippen LogP contribution in [0.3, 0.4) is 0 Å². The second-order valence-electron chi connectivity index (χ2n) is 4.60. The average molecular weight is 255 g/mol. The van der Waals surface area contributed by atoms with Gasteiger partial charge in [0.05, 0.1) is 0 Å². The van der Waals surface area contributed by atoms with E-state index in [1.165, 1.54) is 5.56 Å². The summed E-state index contributed by atoms with van der Waals surface area (Å²) in [6.45, 7) is 4.57. The minimum Gasteiger partial charge on any atom is -0.352 e. The lowest BCUT2D eigenvalue weighted by Gasteiger charge is -2.25. The normalized spacial score (nSPS) is 10.4. The summed E-state index contributed by atoms with van der Waals surface area (Å²) in [6.07, 6.45) is 2.93. The summed E-state index contributed by atoms with van der Waals surface area (Å²) in [5.74, 6) is 1.01. The second kappa shape index (κ2) is 6.90. The second-order valence-corrected chi connectivity index (χ2v) is 4.60. The van der Waals surface area contributed by atoms with Gasteiger partial charge in [0.15, 0.2) is 0 Å². The Balaban J connectivity index is 2.24. The number of nitrogens with zero attached hydrogens (tertiary/aromatic N) is 2. The molecule has 0 atom stereocenters. The summed E-state index contributed by atoms with van der Waals surface area (Å²) in [4.78, 5) is 6.81. The summed E-state index contributed by atoms with van der Waals surface area (Å²) in [5, 5.41) is 0. The van der Waals surface area contributed by atoms with Gasteiger partial charge in [-0.1, -0.05) is 43.3 Å². The quantitative estimate of drug-likeness (QED) is 0.863. The van der Waals surface area contributed by atoms with Crippen LogP contribution in [-0.2, 0) is 13.1 Å². The van der Waals surface area contributed by atoms with Crippen molar-refractivity contribution >= 4 is 5.82 Å². The highest BCUT2D eigenvalue weighted by molar-refractivity contribution is 5.47. The van der Waals surface area contributed by atoms with E-state index in [0.29, 0.717) is 6.54 Å². The molecule has 1 aromatic heterocycles. The van der Waals surface area contributed by atoms with E-state index in [1.54, 1.807) is 0 Å². The van der Waals surface area contributed by atoms with E-state index in [9.17, 15) is 0 Å². The van der Waals surface area contributed by atoms with Crippen LogP contribution in [0.5, 0.6) is 0 Å². The minimum absolute atomic E-state index is 0.526. The zero-order valence-corrected chi connectivity index (χ0v) is 11.4. The van der Waals surface area contributed by atoms with Crippen molar-refractivity contribution in [3.05, 3.63) is 59.8 Å². The minimum atomic E-state index is 0.526. The van der Waals surface area contributed by atoms with Crippen molar-refractivity contribution in [3.8, 4) is 0 Å². The molecule has 0 saturated heterocycles. The molecule has 1 aromatic carbocycles. The maximum Gasteiger partial charge on any atom is 0.133 e. The lowest BCUT2D eigenvalue weighted by atomic mass is 10.2. The number of hydrogen-bond acceptors (Lipinski definition) is 3. The first-order chi connectivity index (χ1) is 9.35. The fraction of sp³-hybridized carbons (Fsp3) is 0.312. The number of aromatic nitrogens is 1. The van der Waals surface area contributed by atoms with Crippen molar-refractivity contribution in [2.45, 2.75) is 26.4 Å². The smallest absolute Gasteiger partial charge is 0.133 e. The zero-order chi connectivity index (χ0) is 13.5. The van der Waals surface area contributed by atoms with Crippen molar-refractivity contribution in [3.63, 3.8) is 0 Å². The Morgan fingerprint density at radius 1 is 1.11 bits per heavy atom. The summed E-state index contributed by atoms with van der Waals surface area (Å²) < 4.78 is 0. The first-order valence-electron chi connectivity index (χ1n) is 6.78. The molecule has 0 amide bonds. The fourth-order valence-electron chi connectivity index (χ4n) is 2.21. The molecule has 0 aliphatic heterocycles. The number of rotatable bonds is 6. The van der Waals surface area contributed by atoms with Gasteiger partial charge in [0, 0.05) is 31.4 Å². The van der Waals surface area contributed by atoms with Crippen LogP contribution in [0.1, 0.15) is 24.5 Å². The van der Waals surface area contributed by atoms with Crippen molar-refractivity contribution in [1.82, 2.24) is 4.98 Å². The highest BCUT2D eigenvalue weighted by Crippen LogP contribution is 2.19. The highest BCUT2D eigenvalue weighted by Gasteiger charge is 2.11. The number of hydrogen-bond donors (Lipinski definition) is 1. The van der Waals surface area contributed by atoms with Gasteiger partial charge in [0.25, 0.3) is 0 Å². The highest BCUT2D eigenvalue weighted by atomic mass is 15.2. The molecule has 3 nitrogen and oxygen atoms in total. The number of anilines is 1. The molecule has 0 aliphatic carbocycles. The average Bonchev–Trinajstić information content (AvgIpc) is 2.48. The lowest BCUT2D eigenvalue weighted by Crippen LogP contribution is -2.26. The van der Waals surface area contributed by atoms with E-state index >= 15 is 0 Å². The van der Waals surface area contributed by atoms with Gasteiger partial charge in [-0.3, -0.25) is 0 Å². The molecule has 19 heavy (non-hydrogen) atoms. The third kappa shape index (κ3) is 3.55. The predicted octanol–water partition coefficient (Wildman–Crippen LogP) is 2.96. The summed E-state index contributed by atoms with van der Waals surface area (Å²) in [6, 6.07) is 14.5. The van der Waals surface area contributed by atoms with Gasteiger partial charge < -0.3 is 10.6 Å². The molecule has 0 spiro atoms. The molecule has 0 unspecified atom stereocenters. The Labute approximate surface area is 115 Å². The van der Waals surface area contributed by atoms with Crippen LogP contribution in [0.2, 0.25) is 0 Å². The Morgan fingerprint density at radius 2 is 1.89 bits per heavy atom. The van der Waals surface area contributed by atoms with Crippen molar-refractivity contribution in [1.29, 1.82) is 0 Å². The SMILES string of the molecule is CCCN(Cc1ccccc1)c1ncccc1CN. The van der Waals surface area contributed by atoms with Crippen molar-refractivity contribution in [2.75, 3.05) is 11.4 Å². The van der Waals surface area contributed by atoms with Crippen LogP contribution >= 0.6 is 0 Å². The van der Waals surface area contributed by atoms with Crippen LogP contribution in [0.4, 0.5) is 5.82 Å². The van der Waals surface area contributed by atoms with E-state index < -0.39 is 0 Å². The third-order valence-electron chi connectivity index (χ3n) is 3.10. The molecule has 2 rings (SSSR count). The van der Waals surface area contributed by atoms with E-state index in [0.717, 1.165) is 30.9 Å². The monoisotopic (exact) mass is 255 g/mol. The Hall–Kier alpha value is -1.87. The van der Waals surface area contributed by atoms with Crippen molar-refractivity contribution in [2.24, 2.45) is 5.73 Å². The summed E-state index contributed by atoms with van der Waals surface area (Å²) in [7, 11) is 0. The molecule has 0 aliphatic rings.